The molecule has 11 heteroatoms. The molecule has 6 N–H and O–H groups in total. The summed E-state index contributed by atoms with van der Waals surface area (Å²) in [7, 11) is 0. The van der Waals surface area contributed by atoms with Gasteiger partial charge in [-0.05, 0) is 12.5 Å². The van der Waals surface area contributed by atoms with Gasteiger partial charge in [-0.2, -0.15) is 9.97 Å². The Morgan fingerprint density at radius 1 is 1.21 bits per heavy atom. The number of nitrogens with zero attached hydrogens (tertiary/aromatic N) is 2. The molecule has 1 aromatic carbocycles. The van der Waals surface area contributed by atoms with Crippen LogP contribution >= 0.6 is 0 Å². The van der Waals surface area contributed by atoms with Gasteiger partial charge < -0.3 is 45.6 Å². The average Bonchev–Trinajstić information content (AvgIpc) is 2.94. The van der Waals surface area contributed by atoms with Crippen LogP contribution in [-0.2, 0) is 25.6 Å². The summed E-state index contributed by atoms with van der Waals surface area (Å²) in [6.07, 6.45) is 4.68. The lowest BCUT2D eigenvalue weighted by molar-refractivity contribution is -0.327. The summed E-state index contributed by atoms with van der Waals surface area (Å²) in [4.78, 5) is 8.30. The highest BCUT2D eigenvalue weighted by Gasteiger charge is 2.50. The number of nitrogens with one attached hydrogen (secondary N) is 1. The first-order valence-corrected chi connectivity index (χ1v) is 12.6. The third kappa shape index (κ3) is 6.83. The monoisotopic (exact) mass is 537 g/mol. The molecule has 0 radical (unpaired) electrons. The summed E-state index contributed by atoms with van der Waals surface area (Å²) in [5.41, 5.74) is 14.0. The smallest absolute Gasteiger partial charge is 0.244 e. The molecule has 0 spiro atoms. The third-order valence-corrected chi connectivity index (χ3v) is 6.22. The Labute approximate surface area is 227 Å². The molecule has 0 saturated carbocycles. The van der Waals surface area contributed by atoms with Crippen molar-refractivity contribution in [3.8, 4) is 5.88 Å². The summed E-state index contributed by atoms with van der Waals surface area (Å²) < 4.78 is 30.1. The van der Waals surface area contributed by atoms with E-state index in [-0.39, 0.29) is 43.2 Å². The Morgan fingerprint density at radius 3 is 2.72 bits per heavy atom. The quantitative estimate of drug-likeness (QED) is 0.247. The molecule has 3 heterocycles. The highest BCUT2D eigenvalue weighted by atomic mass is 16.7. The van der Waals surface area contributed by atoms with Gasteiger partial charge in [0.05, 0.1) is 13.2 Å². The number of hydrogen-bond acceptors (Lipinski definition) is 11. The Morgan fingerprint density at radius 2 is 2.00 bits per heavy atom. The van der Waals surface area contributed by atoms with Crippen molar-refractivity contribution >= 4 is 17.5 Å². The maximum absolute atomic E-state index is 11.6. The molecule has 0 bridgehead atoms. The number of aliphatic hydroxyl groups is 1. The predicted molar refractivity (Wildman–Crippen MR) is 148 cm³/mol. The number of ether oxygens (including phenoxy) is 5. The van der Waals surface area contributed by atoms with Crippen molar-refractivity contribution in [2.75, 3.05) is 30.0 Å². The Bertz CT molecular complexity index is 1190. The minimum Gasteiger partial charge on any atom is -0.471 e. The van der Waals surface area contributed by atoms with E-state index in [2.05, 4.69) is 28.4 Å². The van der Waals surface area contributed by atoms with Crippen molar-refractivity contribution in [1.29, 1.82) is 0 Å². The molecule has 0 amide bonds. The summed E-state index contributed by atoms with van der Waals surface area (Å²) in [6, 6.07) is 8.71. The van der Waals surface area contributed by atoms with Gasteiger partial charge in [0.15, 0.2) is 18.4 Å². The maximum Gasteiger partial charge on any atom is 0.244 e. The second-order valence-electron chi connectivity index (χ2n) is 8.90. The number of nitrogen functional groups attached to an aromatic ring is 2. The molecule has 2 aliphatic heterocycles. The summed E-state index contributed by atoms with van der Waals surface area (Å²) in [5.74, 6) is 0.110. The summed E-state index contributed by atoms with van der Waals surface area (Å²) >= 11 is 0. The second-order valence-corrected chi connectivity index (χ2v) is 8.90. The van der Waals surface area contributed by atoms with Gasteiger partial charge in [-0.3, -0.25) is 0 Å². The number of aromatic nitrogens is 2. The number of hydrogen-bond donors (Lipinski definition) is 4. The molecule has 39 heavy (non-hydrogen) atoms. The van der Waals surface area contributed by atoms with Crippen LogP contribution < -0.4 is 21.5 Å². The van der Waals surface area contributed by atoms with Gasteiger partial charge in [0.1, 0.15) is 36.6 Å². The van der Waals surface area contributed by atoms with Crippen LogP contribution in [0.3, 0.4) is 0 Å². The standard InChI is InChI=1S/C28H35N5O6/c1-4-7-13-18(6-3)26-37-16-19-23(39-26)22(34)20(27(38-19)35-14-5-2)31-21-24(29)32-28(30)33-25(21)36-15-17-11-9-8-10-12-17/h4-13,19-20,22-23,26-27,31,34H,1-2,14-16H2,3H3,(H4,29,30,32,33). The highest BCUT2D eigenvalue weighted by molar-refractivity contribution is 5.70. The number of allylic oxidation sites excluding steroid dienone is 3. The first kappa shape index (κ1) is 28.3. The van der Waals surface area contributed by atoms with Crippen LogP contribution in [0, 0.1) is 0 Å². The lowest BCUT2D eigenvalue weighted by atomic mass is 9.95. The van der Waals surface area contributed by atoms with Crippen LogP contribution in [0.15, 0.2) is 79.4 Å². The zero-order valence-corrected chi connectivity index (χ0v) is 21.8. The molecule has 4 rings (SSSR count). The topological polar surface area (TPSA) is 156 Å². The fourth-order valence-corrected chi connectivity index (χ4v) is 4.32. The molecule has 11 nitrogen and oxygen atoms in total. The van der Waals surface area contributed by atoms with Crippen LogP contribution in [0.2, 0.25) is 0 Å². The van der Waals surface area contributed by atoms with Gasteiger partial charge in [0.25, 0.3) is 0 Å². The molecule has 208 valence electrons. The van der Waals surface area contributed by atoms with Gasteiger partial charge >= 0.3 is 0 Å². The van der Waals surface area contributed by atoms with Gasteiger partial charge in [0, 0.05) is 5.57 Å². The molecule has 2 saturated heterocycles. The van der Waals surface area contributed by atoms with Gasteiger partial charge in [-0.1, -0.05) is 67.3 Å². The molecule has 6 atom stereocenters. The first-order chi connectivity index (χ1) is 18.9. The van der Waals surface area contributed by atoms with Crippen molar-refractivity contribution in [3.63, 3.8) is 0 Å². The van der Waals surface area contributed by atoms with Crippen molar-refractivity contribution in [3.05, 3.63) is 85.0 Å². The fraction of sp³-hybridized carbons (Fsp3) is 0.357. The Kier molecular flexibility index (Phi) is 9.69. The maximum atomic E-state index is 11.6. The van der Waals surface area contributed by atoms with Crippen LogP contribution in [0.25, 0.3) is 0 Å². The number of rotatable bonds is 11. The van der Waals surface area contributed by atoms with E-state index in [0.29, 0.717) is 0 Å². The van der Waals surface area contributed by atoms with Crippen LogP contribution in [-0.4, -0.2) is 65.2 Å². The zero-order valence-electron chi connectivity index (χ0n) is 21.8. The zero-order chi connectivity index (χ0) is 27.8. The van der Waals surface area contributed by atoms with E-state index < -0.39 is 36.9 Å². The van der Waals surface area contributed by atoms with E-state index in [0.717, 1.165) is 11.1 Å². The van der Waals surface area contributed by atoms with Crippen LogP contribution in [0.5, 0.6) is 5.88 Å². The number of anilines is 3. The lowest BCUT2D eigenvalue weighted by Crippen LogP contribution is -2.65. The van der Waals surface area contributed by atoms with Crippen molar-refractivity contribution in [2.45, 2.75) is 50.5 Å². The van der Waals surface area contributed by atoms with Gasteiger partial charge in [-0.15, -0.1) is 6.58 Å². The first-order valence-electron chi connectivity index (χ1n) is 12.6. The number of benzene rings is 1. The SMILES string of the molecule is C=CC=CC(=CC)C1OCC2OC(OCC=C)C(Nc3c(N)nc(N)nc3OCc3ccccc3)C(O)C2O1. The molecule has 6 unspecified atom stereocenters. The Balaban J connectivity index is 1.59. The van der Waals surface area contributed by atoms with E-state index in [1.807, 2.05) is 49.4 Å². The largest absolute Gasteiger partial charge is 0.471 e. The number of nitrogens with two attached hydrogens (primary N) is 2. The van der Waals surface area contributed by atoms with E-state index in [4.69, 9.17) is 35.2 Å². The highest BCUT2D eigenvalue weighted by Crippen LogP contribution is 2.36. The van der Waals surface area contributed by atoms with E-state index >= 15 is 0 Å². The van der Waals surface area contributed by atoms with Crippen LogP contribution in [0.4, 0.5) is 17.5 Å². The molecular weight excluding hydrogens is 502 g/mol. The van der Waals surface area contributed by atoms with Crippen molar-refractivity contribution in [2.24, 2.45) is 0 Å². The molecule has 1 aromatic heterocycles. The van der Waals surface area contributed by atoms with Gasteiger partial charge in [-0.25, -0.2) is 0 Å². The van der Waals surface area contributed by atoms with Crippen molar-refractivity contribution < 1.29 is 28.8 Å². The molecule has 0 aliphatic carbocycles. The fourth-order valence-electron chi connectivity index (χ4n) is 4.32. The van der Waals surface area contributed by atoms with E-state index in [1.54, 1.807) is 18.2 Å². The normalized spacial score (nSPS) is 27.1. The second kappa shape index (κ2) is 13.4. The number of fused-ring (bicyclic) bond motifs is 1. The number of aliphatic hydroxyl groups excluding tert-OH is 1. The van der Waals surface area contributed by atoms with Crippen molar-refractivity contribution in [1.82, 2.24) is 9.97 Å². The third-order valence-electron chi connectivity index (χ3n) is 6.22. The van der Waals surface area contributed by atoms with Crippen LogP contribution in [0.1, 0.15) is 12.5 Å². The van der Waals surface area contributed by atoms with E-state index in [1.165, 1.54) is 0 Å². The Hall–Kier alpha value is -3.74. The molecule has 2 aliphatic rings. The molecule has 2 fully saturated rings. The minimum absolute atomic E-state index is 0.0406. The lowest BCUT2D eigenvalue weighted by Gasteiger charge is -2.48. The average molecular weight is 538 g/mol. The van der Waals surface area contributed by atoms with E-state index in [9.17, 15) is 5.11 Å². The minimum atomic E-state index is -1.11. The molecular formula is C28H35N5O6. The van der Waals surface area contributed by atoms with Gasteiger partial charge in [0.2, 0.25) is 11.8 Å². The predicted octanol–water partition coefficient (Wildman–Crippen LogP) is 2.72. The molecule has 2 aromatic rings. The summed E-state index contributed by atoms with van der Waals surface area (Å²) in [5, 5.41) is 14.7. The summed E-state index contributed by atoms with van der Waals surface area (Å²) in [6.45, 7) is 9.85.